The quantitative estimate of drug-likeness (QED) is 0.387. The smallest absolute Gasteiger partial charge is 0.290 e. The van der Waals surface area contributed by atoms with Crippen molar-refractivity contribution >= 4 is 27.3 Å². The molecule has 0 spiro atoms. The SMILES string of the molecule is NNc1ccc([N+](=O)[O-])c(S(=O)(=O)Nc2nccnn2)c1. The maximum atomic E-state index is 12.2. The topological polar surface area (TPSA) is 166 Å². The fourth-order valence-corrected chi connectivity index (χ4v) is 2.58. The highest BCUT2D eigenvalue weighted by Crippen LogP contribution is 2.27. The molecule has 2 rings (SSSR count). The summed E-state index contributed by atoms with van der Waals surface area (Å²) in [6, 6.07) is 3.32. The average molecular weight is 311 g/mol. The fraction of sp³-hybridized carbons (Fsp3) is 0. The number of nitrogens with zero attached hydrogens (tertiary/aromatic N) is 4. The Bertz CT molecular complexity index is 765. The third kappa shape index (κ3) is 3.18. The summed E-state index contributed by atoms with van der Waals surface area (Å²) in [7, 11) is -4.27. The summed E-state index contributed by atoms with van der Waals surface area (Å²) < 4.78 is 26.4. The van der Waals surface area contributed by atoms with Gasteiger partial charge in [-0.15, -0.1) is 5.10 Å². The van der Waals surface area contributed by atoms with Crippen LogP contribution in [0.15, 0.2) is 35.5 Å². The molecule has 1 aromatic carbocycles. The molecule has 110 valence electrons. The molecular formula is C9H9N7O4S. The minimum Gasteiger partial charge on any atom is -0.324 e. The van der Waals surface area contributed by atoms with Crippen LogP contribution in [0.3, 0.4) is 0 Å². The molecule has 0 bridgehead atoms. The van der Waals surface area contributed by atoms with Crippen LogP contribution in [0, 0.1) is 10.1 Å². The Labute approximate surface area is 118 Å². The van der Waals surface area contributed by atoms with Gasteiger partial charge in [-0.2, -0.15) is 5.10 Å². The summed E-state index contributed by atoms with van der Waals surface area (Å²) in [4.78, 5) is 13.2. The second-order valence-corrected chi connectivity index (χ2v) is 5.31. The zero-order valence-corrected chi connectivity index (χ0v) is 11.1. The van der Waals surface area contributed by atoms with Crippen molar-refractivity contribution in [1.29, 1.82) is 0 Å². The Morgan fingerprint density at radius 2 is 2.05 bits per heavy atom. The highest BCUT2D eigenvalue weighted by Gasteiger charge is 2.27. The zero-order chi connectivity index (χ0) is 15.5. The first-order valence-electron chi connectivity index (χ1n) is 5.35. The molecule has 0 amide bonds. The normalized spacial score (nSPS) is 10.9. The van der Waals surface area contributed by atoms with Crippen LogP contribution in [0.2, 0.25) is 0 Å². The summed E-state index contributed by atoms with van der Waals surface area (Å²) in [6.45, 7) is 0. The summed E-state index contributed by atoms with van der Waals surface area (Å²) in [5, 5.41) is 17.8. The van der Waals surface area contributed by atoms with E-state index in [1.165, 1.54) is 18.5 Å². The van der Waals surface area contributed by atoms with Crippen LogP contribution in [0.5, 0.6) is 0 Å². The van der Waals surface area contributed by atoms with Gasteiger partial charge in [-0.25, -0.2) is 18.1 Å². The van der Waals surface area contributed by atoms with E-state index in [0.29, 0.717) is 0 Å². The predicted octanol–water partition coefficient (Wildman–Crippen LogP) is -0.134. The Kier molecular flexibility index (Phi) is 3.91. The third-order valence-electron chi connectivity index (χ3n) is 2.32. The van der Waals surface area contributed by atoms with E-state index in [9.17, 15) is 18.5 Å². The number of nitrogens with two attached hydrogens (primary N) is 1. The van der Waals surface area contributed by atoms with Gasteiger partial charge in [0.05, 0.1) is 23.0 Å². The van der Waals surface area contributed by atoms with Crippen molar-refractivity contribution in [3.63, 3.8) is 0 Å². The van der Waals surface area contributed by atoms with Crippen molar-refractivity contribution in [3.8, 4) is 0 Å². The number of hydrazine groups is 1. The molecule has 1 heterocycles. The van der Waals surface area contributed by atoms with Crippen molar-refractivity contribution in [2.75, 3.05) is 10.1 Å². The molecule has 0 unspecified atom stereocenters. The lowest BCUT2D eigenvalue weighted by Crippen LogP contribution is -2.17. The minimum absolute atomic E-state index is 0.188. The van der Waals surface area contributed by atoms with E-state index in [1.807, 2.05) is 4.72 Å². The predicted molar refractivity (Wildman–Crippen MR) is 71.5 cm³/mol. The van der Waals surface area contributed by atoms with Gasteiger partial charge in [0.1, 0.15) is 0 Å². The van der Waals surface area contributed by atoms with Crippen LogP contribution in [-0.2, 0) is 10.0 Å². The van der Waals surface area contributed by atoms with Crippen LogP contribution in [0.1, 0.15) is 0 Å². The largest absolute Gasteiger partial charge is 0.324 e. The molecule has 0 aliphatic carbocycles. The van der Waals surface area contributed by atoms with Crippen LogP contribution < -0.4 is 16.0 Å². The van der Waals surface area contributed by atoms with Crippen molar-refractivity contribution in [1.82, 2.24) is 15.2 Å². The summed E-state index contributed by atoms with van der Waals surface area (Å²) in [5.41, 5.74) is 1.79. The lowest BCUT2D eigenvalue weighted by Gasteiger charge is -2.08. The highest BCUT2D eigenvalue weighted by atomic mass is 32.2. The molecule has 0 radical (unpaired) electrons. The maximum absolute atomic E-state index is 12.2. The molecule has 0 saturated carbocycles. The number of nitro benzene ring substituents is 1. The number of hydrogen-bond donors (Lipinski definition) is 3. The van der Waals surface area contributed by atoms with Gasteiger partial charge in [-0.05, 0) is 12.1 Å². The molecular weight excluding hydrogens is 302 g/mol. The lowest BCUT2D eigenvalue weighted by molar-refractivity contribution is -0.387. The van der Waals surface area contributed by atoms with E-state index < -0.39 is 25.5 Å². The van der Waals surface area contributed by atoms with Crippen LogP contribution in [0.25, 0.3) is 0 Å². The lowest BCUT2D eigenvalue weighted by atomic mass is 10.3. The fourth-order valence-electron chi connectivity index (χ4n) is 1.44. The van der Waals surface area contributed by atoms with Crippen LogP contribution in [0.4, 0.5) is 17.3 Å². The molecule has 0 atom stereocenters. The zero-order valence-electron chi connectivity index (χ0n) is 10.3. The molecule has 1 aromatic heterocycles. The number of hydrogen-bond acceptors (Lipinski definition) is 9. The van der Waals surface area contributed by atoms with Gasteiger partial charge in [-0.1, -0.05) is 0 Å². The molecule has 0 aliphatic heterocycles. The van der Waals surface area contributed by atoms with E-state index >= 15 is 0 Å². The number of aromatic nitrogens is 3. The number of nitrogen functional groups attached to an aromatic ring is 1. The van der Waals surface area contributed by atoms with Crippen molar-refractivity contribution in [3.05, 3.63) is 40.7 Å². The van der Waals surface area contributed by atoms with Gasteiger partial charge in [0.15, 0.2) is 4.90 Å². The second kappa shape index (κ2) is 5.64. The van der Waals surface area contributed by atoms with Crippen LogP contribution >= 0.6 is 0 Å². The van der Waals surface area contributed by atoms with Gasteiger partial charge in [0, 0.05) is 6.07 Å². The number of sulfonamides is 1. The number of nitro groups is 1. The minimum atomic E-state index is -4.27. The van der Waals surface area contributed by atoms with Crippen molar-refractivity contribution in [2.45, 2.75) is 4.90 Å². The Morgan fingerprint density at radius 3 is 2.62 bits per heavy atom. The monoisotopic (exact) mass is 311 g/mol. The van der Waals surface area contributed by atoms with E-state index in [2.05, 4.69) is 20.6 Å². The molecule has 21 heavy (non-hydrogen) atoms. The first kappa shape index (κ1) is 14.5. The van der Waals surface area contributed by atoms with Crippen molar-refractivity contribution < 1.29 is 13.3 Å². The van der Waals surface area contributed by atoms with E-state index in [0.717, 1.165) is 12.1 Å². The number of rotatable bonds is 5. The standard InChI is InChI=1S/C9H9N7O4S/c10-13-6-1-2-7(16(17)18)8(5-6)21(19,20)15-9-11-3-4-12-14-9/h1-5,13H,10H2,(H,11,14,15). The van der Waals surface area contributed by atoms with E-state index in [1.54, 1.807) is 0 Å². The summed E-state index contributed by atoms with van der Waals surface area (Å²) in [5.74, 6) is 4.86. The molecule has 0 saturated heterocycles. The number of anilines is 2. The average Bonchev–Trinajstić information content (AvgIpc) is 2.47. The van der Waals surface area contributed by atoms with Gasteiger partial charge in [0.25, 0.3) is 21.7 Å². The van der Waals surface area contributed by atoms with E-state index in [4.69, 9.17) is 5.84 Å². The molecule has 0 fully saturated rings. The van der Waals surface area contributed by atoms with Gasteiger partial charge in [0.2, 0.25) is 0 Å². The first-order chi connectivity index (χ1) is 9.94. The molecule has 12 heteroatoms. The molecule has 4 N–H and O–H groups in total. The van der Waals surface area contributed by atoms with Gasteiger partial charge in [-0.3, -0.25) is 16.0 Å². The molecule has 0 aliphatic rings. The number of benzene rings is 1. The second-order valence-electron chi connectivity index (χ2n) is 3.66. The van der Waals surface area contributed by atoms with Crippen molar-refractivity contribution in [2.24, 2.45) is 5.84 Å². The van der Waals surface area contributed by atoms with Gasteiger partial charge >= 0.3 is 0 Å². The Morgan fingerprint density at radius 1 is 1.29 bits per heavy atom. The molecule has 11 nitrogen and oxygen atoms in total. The maximum Gasteiger partial charge on any atom is 0.290 e. The summed E-state index contributed by atoms with van der Waals surface area (Å²) in [6.07, 6.45) is 2.47. The first-order valence-corrected chi connectivity index (χ1v) is 6.84. The summed E-state index contributed by atoms with van der Waals surface area (Å²) >= 11 is 0. The van der Waals surface area contributed by atoms with E-state index in [-0.39, 0.29) is 11.6 Å². The van der Waals surface area contributed by atoms with Crippen LogP contribution in [-0.4, -0.2) is 28.5 Å². The Balaban J connectivity index is 2.50. The number of nitrogens with one attached hydrogen (secondary N) is 2. The molecule has 2 aromatic rings. The van der Waals surface area contributed by atoms with Gasteiger partial charge < -0.3 is 5.43 Å². The highest BCUT2D eigenvalue weighted by molar-refractivity contribution is 7.92. The Hall–Kier alpha value is -2.86. The third-order valence-corrected chi connectivity index (χ3v) is 3.68.